The highest BCUT2D eigenvalue weighted by Crippen LogP contribution is 2.39. The zero-order valence-corrected chi connectivity index (χ0v) is 24.5. The largest absolute Gasteiger partial charge is 0.493 e. The fourth-order valence-corrected chi connectivity index (χ4v) is 3.96. The Morgan fingerprint density at radius 2 is 1.86 bits per heavy atom. The van der Waals surface area contributed by atoms with Crippen molar-refractivity contribution in [1.82, 2.24) is 20.4 Å². The Balaban J connectivity index is 1.92. The second-order valence-electron chi connectivity index (χ2n) is 11.5. The zero-order valence-electron chi connectivity index (χ0n) is 24.5. The number of rotatable bonds is 6. The van der Waals surface area contributed by atoms with Gasteiger partial charge in [-0.2, -0.15) is 18.2 Å². The normalized spacial score (nSPS) is 16.3. The van der Waals surface area contributed by atoms with Crippen LogP contribution in [0, 0.1) is 0 Å². The number of alkyl carbamates (subject to hydrolysis) is 1. The van der Waals surface area contributed by atoms with Crippen LogP contribution in [-0.4, -0.2) is 57.5 Å². The first-order chi connectivity index (χ1) is 19.5. The first-order valence-corrected chi connectivity index (χ1v) is 13.3. The Morgan fingerprint density at radius 3 is 2.48 bits per heavy atom. The third-order valence-electron chi connectivity index (χ3n) is 5.58. The Hall–Kier alpha value is -4.10. The molecule has 0 unspecified atom stereocenters. The van der Waals surface area contributed by atoms with Crippen LogP contribution in [0.4, 0.5) is 22.8 Å². The topological polar surface area (TPSA) is 128 Å². The van der Waals surface area contributed by atoms with Gasteiger partial charge in [-0.25, -0.2) is 9.59 Å². The number of halogens is 3. The molecular formula is C28H36F3N5O6. The van der Waals surface area contributed by atoms with Gasteiger partial charge in [-0.15, -0.1) is 11.6 Å². The Bertz CT molecular complexity index is 1310. The summed E-state index contributed by atoms with van der Waals surface area (Å²) in [4.78, 5) is 35.0. The second-order valence-corrected chi connectivity index (χ2v) is 11.5. The number of benzene rings is 1. The quantitative estimate of drug-likeness (QED) is 0.169. The molecule has 2 aromatic rings. The van der Waals surface area contributed by atoms with Crippen LogP contribution < -0.4 is 10.1 Å². The molecule has 1 aliphatic rings. The summed E-state index contributed by atoms with van der Waals surface area (Å²) in [5.41, 5.74) is -2.59. The molecule has 0 spiro atoms. The van der Waals surface area contributed by atoms with Crippen LogP contribution in [-0.2, 0) is 15.7 Å². The highest BCUT2D eigenvalue weighted by molar-refractivity contribution is 5.99. The minimum Gasteiger partial charge on any atom is -0.493 e. The summed E-state index contributed by atoms with van der Waals surface area (Å²) in [6.07, 6.45) is -3.49. The minimum absolute atomic E-state index is 0.0420. The molecule has 1 fully saturated rings. The van der Waals surface area contributed by atoms with Crippen LogP contribution in [0.1, 0.15) is 78.3 Å². The molecule has 0 saturated carbocycles. The number of hydrogen-bond acceptors (Lipinski definition) is 8. The number of aromatic nitrogens is 2. The molecule has 1 atom stereocenters. The lowest BCUT2D eigenvalue weighted by Gasteiger charge is -2.27. The molecule has 2 amide bonds. The number of aliphatic imine (C=N–C) groups is 1. The van der Waals surface area contributed by atoms with Crippen LogP contribution in [0.2, 0.25) is 0 Å². The van der Waals surface area contributed by atoms with E-state index in [1.54, 1.807) is 52.5 Å². The average molecular weight is 596 g/mol. The van der Waals surface area contributed by atoms with E-state index in [9.17, 15) is 22.8 Å². The molecule has 11 nitrogen and oxygen atoms in total. The molecule has 1 saturated heterocycles. The third-order valence-corrected chi connectivity index (χ3v) is 5.58. The number of ether oxygens (including phenoxy) is 3. The zero-order chi connectivity index (χ0) is 31.3. The number of alkyl halides is 3. The maximum Gasteiger partial charge on any atom is 0.437 e. The number of hydrogen-bond donors (Lipinski definition) is 1. The highest BCUT2D eigenvalue weighted by atomic mass is 19.4. The van der Waals surface area contributed by atoms with E-state index >= 15 is 0 Å². The van der Waals surface area contributed by atoms with Gasteiger partial charge in [0.15, 0.2) is 0 Å². The summed E-state index contributed by atoms with van der Waals surface area (Å²) in [6.45, 7) is 14.0. The number of nitrogens with zero attached hydrogens (tertiary/aromatic N) is 4. The fraction of sp³-hybridized carbons (Fsp3) is 0.536. The average Bonchev–Trinajstić information content (AvgIpc) is 3.51. The molecule has 0 bridgehead atoms. The Kier molecular flexibility index (Phi) is 9.90. The lowest BCUT2D eigenvalue weighted by Crippen LogP contribution is -2.46. The van der Waals surface area contributed by atoms with E-state index in [-0.39, 0.29) is 35.6 Å². The lowest BCUT2D eigenvalue weighted by atomic mass is 10.1. The molecule has 14 heteroatoms. The SMILES string of the molecule is C=CCCOc1ccc(-c2noc([C@@H]3CCCN3/C(=N\C(=O)OC(C)(C)C)NC(=O)OC(C)(C)C)n2)cc1C(F)(F)F. The van der Waals surface area contributed by atoms with E-state index in [2.05, 4.69) is 27.0 Å². The van der Waals surface area contributed by atoms with Gasteiger partial charge in [-0.3, -0.25) is 5.32 Å². The number of amides is 2. The van der Waals surface area contributed by atoms with Gasteiger partial charge in [0.1, 0.15) is 23.0 Å². The van der Waals surface area contributed by atoms with E-state index in [1.807, 2.05) is 0 Å². The summed E-state index contributed by atoms with van der Waals surface area (Å²) in [7, 11) is 0. The number of nitrogens with one attached hydrogen (secondary N) is 1. The molecule has 42 heavy (non-hydrogen) atoms. The molecule has 3 rings (SSSR count). The van der Waals surface area contributed by atoms with Crippen LogP contribution in [0.5, 0.6) is 5.75 Å². The molecular weight excluding hydrogens is 559 g/mol. The van der Waals surface area contributed by atoms with Crippen molar-refractivity contribution in [3.63, 3.8) is 0 Å². The summed E-state index contributed by atoms with van der Waals surface area (Å²) >= 11 is 0. The van der Waals surface area contributed by atoms with Gasteiger partial charge in [0.25, 0.3) is 0 Å². The molecule has 1 aliphatic heterocycles. The number of carbonyl (C=O) groups excluding carboxylic acids is 2. The van der Waals surface area contributed by atoms with Crippen LogP contribution in [0.3, 0.4) is 0 Å². The number of carbonyl (C=O) groups is 2. The van der Waals surface area contributed by atoms with Crippen molar-refractivity contribution in [2.75, 3.05) is 13.2 Å². The van der Waals surface area contributed by atoms with Crippen LogP contribution in [0.15, 0.2) is 40.4 Å². The van der Waals surface area contributed by atoms with Gasteiger partial charge in [-0.1, -0.05) is 11.2 Å². The molecule has 1 aromatic heterocycles. The third kappa shape index (κ3) is 9.21. The monoisotopic (exact) mass is 595 g/mol. The Labute approximate surface area is 242 Å². The molecule has 1 aromatic carbocycles. The summed E-state index contributed by atoms with van der Waals surface area (Å²) in [5.74, 6) is -0.493. The summed E-state index contributed by atoms with van der Waals surface area (Å²) < 4.78 is 62.7. The molecule has 1 N–H and O–H groups in total. The van der Waals surface area contributed by atoms with Crippen molar-refractivity contribution >= 4 is 18.1 Å². The maximum atomic E-state index is 13.8. The number of likely N-dealkylation sites (tertiary alicyclic amines) is 1. The first-order valence-electron chi connectivity index (χ1n) is 13.3. The first kappa shape index (κ1) is 32.4. The Morgan fingerprint density at radius 1 is 1.17 bits per heavy atom. The van der Waals surface area contributed by atoms with Crippen molar-refractivity contribution in [2.24, 2.45) is 4.99 Å². The van der Waals surface area contributed by atoms with E-state index in [0.717, 1.165) is 6.07 Å². The van der Waals surface area contributed by atoms with Gasteiger partial charge in [0, 0.05) is 12.1 Å². The van der Waals surface area contributed by atoms with E-state index in [1.165, 1.54) is 12.1 Å². The highest BCUT2D eigenvalue weighted by Gasteiger charge is 2.37. The predicted molar refractivity (Wildman–Crippen MR) is 147 cm³/mol. The van der Waals surface area contributed by atoms with Crippen molar-refractivity contribution in [2.45, 2.75) is 84.2 Å². The summed E-state index contributed by atoms with van der Waals surface area (Å²) in [6, 6.07) is 2.85. The molecule has 2 heterocycles. The predicted octanol–water partition coefficient (Wildman–Crippen LogP) is 6.66. The second kappa shape index (κ2) is 12.8. The fourth-order valence-electron chi connectivity index (χ4n) is 3.96. The standard InChI is InChI=1S/C28H36F3N5O6/c1-8-9-15-39-20-13-12-17(16-18(20)28(29,30)31)21-32-22(42-35-21)19-11-10-14-36(19)23(33-24(37)40-26(2,3)4)34-25(38)41-27(5,6)7/h8,12-13,16,19H,1,9-11,14-15H2,2-7H3,(H,33,34,37,38)/t19-/m0/s1. The molecule has 230 valence electrons. The lowest BCUT2D eigenvalue weighted by molar-refractivity contribution is -0.138. The summed E-state index contributed by atoms with van der Waals surface area (Å²) in [5, 5.41) is 6.39. The van der Waals surface area contributed by atoms with Gasteiger partial charge >= 0.3 is 18.4 Å². The molecule has 0 radical (unpaired) electrons. The van der Waals surface area contributed by atoms with Gasteiger partial charge in [-0.05, 0) is 79.0 Å². The van der Waals surface area contributed by atoms with E-state index in [0.29, 0.717) is 25.8 Å². The van der Waals surface area contributed by atoms with Crippen molar-refractivity contribution < 1.29 is 41.5 Å². The van der Waals surface area contributed by atoms with E-state index in [4.69, 9.17) is 18.7 Å². The van der Waals surface area contributed by atoms with Gasteiger partial charge in [0.05, 0.1) is 12.2 Å². The minimum atomic E-state index is -4.69. The van der Waals surface area contributed by atoms with Crippen molar-refractivity contribution in [3.8, 4) is 17.1 Å². The van der Waals surface area contributed by atoms with E-state index < -0.39 is 41.2 Å². The smallest absolute Gasteiger partial charge is 0.437 e. The van der Waals surface area contributed by atoms with Gasteiger partial charge < -0.3 is 23.6 Å². The van der Waals surface area contributed by atoms with Crippen LogP contribution >= 0.6 is 0 Å². The van der Waals surface area contributed by atoms with Gasteiger partial charge in [0.2, 0.25) is 17.7 Å². The molecule has 0 aliphatic carbocycles. The maximum absolute atomic E-state index is 13.8. The van der Waals surface area contributed by atoms with Crippen molar-refractivity contribution in [1.29, 1.82) is 0 Å². The van der Waals surface area contributed by atoms with Crippen molar-refractivity contribution in [3.05, 3.63) is 42.3 Å². The van der Waals surface area contributed by atoms with Crippen LogP contribution in [0.25, 0.3) is 11.4 Å². The number of guanidine groups is 1.